The first-order valence-electron chi connectivity index (χ1n) is 16.7. The van der Waals surface area contributed by atoms with Crippen molar-refractivity contribution in [3.8, 4) is 5.75 Å². The van der Waals surface area contributed by atoms with Crippen LogP contribution in [0.3, 0.4) is 0 Å². The molecule has 4 atom stereocenters. The molecule has 0 aromatic heterocycles. The molecule has 2 aromatic rings. The number of carbonyl (C=O) groups is 5. The quantitative estimate of drug-likeness (QED) is 0.272. The van der Waals surface area contributed by atoms with Crippen LogP contribution in [0.4, 0.5) is 10.1 Å². The number of fused-ring (bicyclic) bond motifs is 1. The number of hydrogen-bond acceptors (Lipinski definition) is 8. The fraction of sp³-hybridized carbons (Fsp3) is 0.514. The first-order valence-corrected chi connectivity index (χ1v) is 16.7. The number of nitrogens with zero attached hydrogens (tertiary/aromatic N) is 2. The summed E-state index contributed by atoms with van der Waals surface area (Å²) in [7, 11) is 0. The maximum Gasteiger partial charge on any atom is 0.262 e. The highest BCUT2D eigenvalue weighted by molar-refractivity contribution is 6.23. The second-order valence-corrected chi connectivity index (χ2v) is 13.5. The van der Waals surface area contributed by atoms with E-state index in [0.29, 0.717) is 43.7 Å². The monoisotopic (exact) mass is 647 g/mol. The number of rotatable bonds is 11. The van der Waals surface area contributed by atoms with Crippen LogP contribution >= 0.6 is 0 Å². The van der Waals surface area contributed by atoms with Crippen molar-refractivity contribution in [3.05, 3.63) is 58.9 Å². The van der Waals surface area contributed by atoms with Gasteiger partial charge >= 0.3 is 0 Å². The summed E-state index contributed by atoms with van der Waals surface area (Å²) in [5, 5.41) is 18.4. The molecule has 47 heavy (non-hydrogen) atoms. The Bertz CT molecular complexity index is 1540. The number of piperidine rings is 1. The first-order chi connectivity index (χ1) is 22.6. The minimum absolute atomic E-state index is 0.0615. The molecule has 2 aromatic carbocycles. The largest absolute Gasteiger partial charge is 0.508 e. The van der Waals surface area contributed by atoms with Gasteiger partial charge in [-0.05, 0) is 98.7 Å². The zero-order valence-electron chi connectivity index (χ0n) is 26.4. The molecular weight excluding hydrogens is 605 g/mol. The fourth-order valence-electron chi connectivity index (χ4n) is 7.56. The molecule has 4 N–H and O–H groups in total. The van der Waals surface area contributed by atoms with Crippen molar-refractivity contribution in [2.75, 3.05) is 38.0 Å². The van der Waals surface area contributed by atoms with Crippen LogP contribution in [0.1, 0.15) is 77.6 Å². The summed E-state index contributed by atoms with van der Waals surface area (Å²) in [6.07, 6.45) is 6.48. The van der Waals surface area contributed by atoms with E-state index >= 15 is 0 Å². The van der Waals surface area contributed by atoms with Crippen LogP contribution in [-0.2, 0) is 20.8 Å². The third-order valence-electron chi connectivity index (χ3n) is 10.0. The van der Waals surface area contributed by atoms with E-state index in [2.05, 4.69) is 20.9 Å². The van der Waals surface area contributed by atoms with Gasteiger partial charge in [-0.3, -0.25) is 34.2 Å². The van der Waals surface area contributed by atoms with Gasteiger partial charge < -0.3 is 20.6 Å². The lowest BCUT2D eigenvalue weighted by Crippen LogP contribution is -2.54. The Hall–Kier alpha value is -4.32. The number of carbonyl (C=O) groups excluding carboxylic acids is 5. The van der Waals surface area contributed by atoms with Crippen LogP contribution in [0.25, 0.3) is 0 Å². The number of imide groups is 2. The highest BCUT2D eigenvalue weighted by atomic mass is 19.1. The Balaban J connectivity index is 0.919. The van der Waals surface area contributed by atoms with Crippen LogP contribution in [0.2, 0.25) is 0 Å². The average molecular weight is 648 g/mol. The predicted molar refractivity (Wildman–Crippen MR) is 171 cm³/mol. The number of phenols is 1. The van der Waals surface area contributed by atoms with Crippen molar-refractivity contribution in [2.45, 2.75) is 63.8 Å². The van der Waals surface area contributed by atoms with Crippen LogP contribution in [0, 0.1) is 23.6 Å². The number of phenolic OH excluding ortho intramolecular Hbond substituents is 1. The van der Waals surface area contributed by atoms with E-state index < -0.39 is 35.5 Å². The van der Waals surface area contributed by atoms with Crippen molar-refractivity contribution in [3.63, 3.8) is 0 Å². The van der Waals surface area contributed by atoms with Gasteiger partial charge in [0, 0.05) is 50.8 Å². The van der Waals surface area contributed by atoms with Crippen LogP contribution in [-0.4, -0.2) is 83.2 Å². The van der Waals surface area contributed by atoms with Gasteiger partial charge in [0.15, 0.2) is 0 Å². The van der Waals surface area contributed by atoms with Crippen LogP contribution < -0.4 is 16.0 Å². The maximum absolute atomic E-state index is 13.6. The standard InChI is InChI=1S/C35H42FN5O6/c36-25-13-21(14-27(42)16-25)8-10-40-11-9-24(20-40)15-32(44)38-19-23-3-1-2-22(12-23)18-37-26-4-5-28-29(17-26)35(47)41(34(28)46)30-6-7-31(43)39-33(30)45/h4-5,13-14,16-17,22-24,30,37,42H,1-3,6-12,15,18-20H2,(H,38,44)(H,39,43,45)/t22?,23?,24-,30?/m0/s1. The summed E-state index contributed by atoms with van der Waals surface area (Å²) in [5.74, 6) is -1.40. The number of likely N-dealkylation sites (tertiary alicyclic amines) is 1. The van der Waals surface area contributed by atoms with Crippen molar-refractivity contribution in [1.82, 2.24) is 20.4 Å². The summed E-state index contributed by atoms with van der Waals surface area (Å²) in [6, 6.07) is 8.21. The zero-order valence-corrected chi connectivity index (χ0v) is 26.4. The van der Waals surface area contributed by atoms with E-state index in [9.17, 15) is 33.5 Å². The lowest BCUT2D eigenvalue weighted by Gasteiger charge is -2.30. The molecule has 5 amide bonds. The third kappa shape index (κ3) is 7.81. The Morgan fingerprint density at radius 3 is 2.51 bits per heavy atom. The highest BCUT2D eigenvalue weighted by Gasteiger charge is 2.44. The Kier molecular flexibility index (Phi) is 9.86. The molecule has 0 spiro atoms. The molecule has 11 nitrogen and oxygen atoms in total. The molecule has 3 unspecified atom stereocenters. The van der Waals surface area contributed by atoms with Gasteiger partial charge in [-0.1, -0.05) is 6.42 Å². The summed E-state index contributed by atoms with van der Waals surface area (Å²) < 4.78 is 13.6. The minimum Gasteiger partial charge on any atom is -0.508 e. The third-order valence-corrected chi connectivity index (χ3v) is 10.0. The lowest BCUT2D eigenvalue weighted by molar-refractivity contribution is -0.136. The van der Waals surface area contributed by atoms with E-state index in [1.807, 2.05) is 0 Å². The van der Waals surface area contributed by atoms with Crippen molar-refractivity contribution in [2.24, 2.45) is 17.8 Å². The van der Waals surface area contributed by atoms with E-state index in [4.69, 9.17) is 0 Å². The van der Waals surface area contributed by atoms with Gasteiger partial charge in [0.25, 0.3) is 11.8 Å². The molecule has 1 aliphatic carbocycles. The molecule has 0 bridgehead atoms. The molecule has 12 heteroatoms. The van der Waals surface area contributed by atoms with Crippen molar-refractivity contribution in [1.29, 1.82) is 0 Å². The Morgan fingerprint density at radius 2 is 1.72 bits per heavy atom. The smallest absolute Gasteiger partial charge is 0.262 e. The zero-order chi connectivity index (χ0) is 33.1. The number of amides is 5. The molecule has 0 radical (unpaired) electrons. The van der Waals surface area contributed by atoms with Gasteiger partial charge in [-0.15, -0.1) is 0 Å². The van der Waals surface area contributed by atoms with E-state index in [-0.39, 0.29) is 35.6 Å². The van der Waals surface area contributed by atoms with Crippen molar-refractivity contribution >= 4 is 35.2 Å². The van der Waals surface area contributed by atoms with Crippen LogP contribution in [0.15, 0.2) is 36.4 Å². The first kappa shape index (κ1) is 32.6. The van der Waals surface area contributed by atoms with E-state index in [1.165, 1.54) is 6.07 Å². The van der Waals surface area contributed by atoms with Crippen LogP contribution in [0.5, 0.6) is 5.75 Å². The Labute approximate surface area is 273 Å². The minimum atomic E-state index is -0.987. The van der Waals surface area contributed by atoms with Gasteiger partial charge in [0.2, 0.25) is 17.7 Å². The number of benzene rings is 2. The summed E-state index contributed by atoms with van der Waals surface area (Å²) in [4.78, 5) is 66.0. The molecular formula is C35H42FN5O6. The molecule has 250 valence electrons. The number of nitrogens with one attached hydrogen (secondary N) is 3. The van der Waals surface area contributed by atoms with Gasteiger partial charge in [-0.25, -0.2) is 4.39 Å². The SMILES string of the molecule is O=C(C[C@@H]1CCN(CCc2cc(O)cc(F)c2)C1)NCC1CCCC(CNc2ccc3c(c2)C(=O)N(C2CCC(=O)NC2=O)C3=O)C1. The lowest BCUT2D eigenvalue weighted by atomic mass is 9.81. The molecule has 4 aliphatic rings. The topological polar surface area (TPSA) is 148 Å². The molecule has 6 rings (SSSR count). The molecule has 3 aliphatic heterocycles. The number of anilines is 1. The highest BCUT2D eigenvalue weighted by Crippen LogP contribution is 2.32. The second-order valence-electron chi connectivity index (χ2n) is 13.5. The number of aromatic hydroxyl groups is 1. The molecule has 3 heterocycles. The van der Waals surface area contributed by atoms with E-state index in [0.717, 1.165) is 74.0 Å². The van der Waals surface area contributed by atoms with Gasteiger partial charge in [0.05, 0.1) is 11.1 Å². The second kappa shape index (κ2) is 14.2. The number of hydrogen-bond donors (Lipinski definition) is 4. The normalized spacial score (nSPS) is 24.7. The van der Waals surface area contributed by atoms with E-state index in [1.54, 1.807) is 24.3 Å². The summed E-state index contributed by atoms with van der Waals surface area (Å²) in [5.41, 5.74) is 2.01. The van der Waals surface area contributed by atoms with Crippen molar-refractivity contribution < 1.29 is 33.5 Å². The average Bonchev–Trinajstić information content (AvgIpc) is 3.58. The van der Waals surface area contributed by atoms with Gasteiger partial charge in [-0.2, -0.15) is 0 Å². The predicted octanol–water partition coefficient (Wildman–Crippen LogP) is 3.22. The summed E-state index contributed by atoms with van der Waals surface area (Å²) in [6.45, 7) is 3.86. The summed E-state index contributed by atoms with van der Waals surface area (Å²) >= 11 is 0. The Morgan fingerprint density at radius 1 is 0.936 bits per heavy atom. The fourth-order valence-corrected chi connectivity index (χ4v) is 7.56. The molecule has 1 saturated carbocycles. The molecule has 3 fully saturated rings. The van der Waals surface area contributed by atoms with Gasteiger partial charge in [0.1, 0.15) is 17.6 Å². The number of halogens is 1. The molecule has 2 saturated heterocycles. The maximum atomic E-state index is 13.6.